The van der Waals surface area contributed by atoms with Crippen LogP contribution < -0.4 is 10.5 Å². The molecular formula is C17H19N2Na3O11S4. The Hall–Kier alpha value is 0.200. The molecule has 0 amide bonds. The number of anilines is 2. The van der Waals surface area contributed by atoms with Crippen LogP contribution in [0.5, 0.6) is 0 Å². The zero-order chi connectivity index (χ0) is 25.9. The molecule has 0 fully saturated rings. The molecule has 0 aromatic heterocycles. The fourth-order valence-electron chi connectivity index (χ4n) is 3.05. The number of benzene rings is 3. The molecule has 13 nitrogen and oxygen atoms in total. The van der Waals surface area contributed by atoms with E-state index in [1.54, 1.807) is 6.92 Å². The Morgan fingerprint density at radius 3 is 1.68 bits per heavy atom. The number of nitrogens with one attached hydrogen (secondary N) is 1. The predicted octanol–water partition coefficient (Wildman–Crippen LogP) is -0.674. The van der Waals surface area contributed by atoms with E-state index in [4.69, 9.17) is 5.73 Å². The van der Waals surface area contributed by atoms with Crippen LogP contribution >= 0.6 is 0 Å². The monoisotopic (exact) mass is 624 g/mol. The third kappa shape index (κ3) is 8.35. The van der Waals surface area contributed by atoms with Gasteiger partial charge in [0.25, 0.3) is 40.4 Å². The molecule has 0 unspecified atom stereocenters. The van der Waals surface area contributed by atoms with E-state index in [1.165, 1.54) is 12.1 Å². The quantitative estimate of drug-likeness (QED) is 0.130. The van der Waals surface area contributed by atoms with Gasteiger partial charge < -0.3 is 5.73 Å². The van der Waals surface area contributed by atoms with E-state index in [0.717, 1.165) is 12.1 Å². The summed E-state index contributed by atoms with van der Waals surface area (Å²) in [6, 6.07) is 5.91. The van der Waals surface area contributed by atoms with E-state index in [0.29, 0.717) is 23.8 Å². The van der Waals surface area contributed by atoms with Gasteiger partial charge in [0.2, 0.25) is 0 Å². The SMILES string of the molecule is Cc1ccc(S(=O)(=O)Nc2ccc(S(=O)(=O)O)c3cc(S(=O)(=O)O)cc(S(=O)(=O)O)c23)cc1N.[NaH].[NaH].[NaH]. The van der Waals surface area contributed by atoms with Gasteiger partial charge in [0, 0.05) is 16.5 Å². The molecule has 20 heteroatoms. The number of rotatable bonds is 6. The molecule has 3 rings (SSSR count). The number of aryl methyl sites for hydroxylation is 1. The molecule has 0 aliphatic rings. The number of hydrogen-bond acceptors (Lipinski definition) is 9. The first-order valence-corrected chi connectivity index (χ1v) is 14.5. The molecular weight excluding hydrogens is 605 g/mol. The van der Waals surface area contributed by atoms with Gasteiger partial charge in [-0.3, -0.25) is 18.4 Å². The van der Waals surface area contributed by atoms with Crippen LogP contribution in [-0.2, 0) is 40.4 Å². The molecule has 3 aromatic carbocycles. The van der Waals surface area contributed by atoms with Gasteiger partial charge >= 0.3 is 88.7 Å². The first-order valence-electron chi connectivity index (χ1n) is 8.74. The minimum absolute atomic E-state index is 0. The number of nitrogens with two attached hydrogens (primary N) is 1. The number of fused-ring (bicyclic) bond motifs is 1. The van der Waals surface area contributed by atoms with Gasteiger partial charge in [0.05, 0.1) is 15.5 Å². The standard InChI is InChI=1S/C17H16N2O11S4.3Na.3H/c1-9-2-3-10(7-13(9)18)31(20,21)19-14-4-5-15(33(25,26)27)12-6-11(32(22,23)24)8-16(17(12)14)34(28,29)30;;;;;;/h2-8,19H,18H2,1H3,(H,22,23,24)(H,25,26,27)(H,28,29,30);;;;;;. The first-order chi connectivity index (χ1) is 15.3. The van der Waals surface area contributed by atoms with Gasteiger partial charge in [-0.1, -0.05) is 6.07 Å². The Bertz CT molecular complexity index is 1790. The first kappa shape index (κ1) is 37.2. The Labute approximate surface area is 279 Å². The van der Waals surface area contributed by atoms with Crippen molar-refractivity contribution in [3.63, 3.8) is 0 Å². The Morgan fingerprint density at radius 2 is 1.22 bits per heavy atom. The van der Waals surface area contributed by atoms with Crippen molar-refractivity contribution in [3.05, 3.63) is 48.0 Å². The van der Waals surface area contributed by atoms with Crippen LogP contribution in [0.1, 0.15) is 5.56 Å². The summed E-state index contributed by atoms with van der Waals surface area (Å²) in [5.41, 5.74) is 5.81. The molecule has 37 heavy (non-hydrogen) atoms. The van der Waals surface area contributed by atoms with Crippen LogP contribution in [0, 0.1) is 6.92 Å². The van der Waals surface area contributed by atoms with Crippen molar-refractivity contribution in [1.29, 1.82) is 0 Å². The summed E-state index contributed by atoms with van der Waals surface area (Å²) in [5, 5.41) is -1.62. The molecule has 0 spiro atoms. The van der Waals surface area contributed by atoms with Gasteiger partial charge in [0.1, 0.15) is 9.79 Å². The van der Waals surface area contributed by atoms with Crippen molar-refractivity contribution in [2.45, 2.75) is 26.5 Å². The average Bonchev–Trinajstić information content (AvgIpc) is 2.66. The minimum atomic E-state index is -5.34. The van der Waals surface area contributed by atoms with Gasteiger partial charge in [-0.25, -0.2) is 8.42 Å². The van der Waals surface area contributed by atoms with Crippen LogP contribution in [0.3, 0.4) is 0 Å². The second-order valence-electron chi connectivity index (χ2n) is 7.00. The summed E-state index contributed by atoms with van der Waals surface area (Å²) >= 11 is 0. The Morgan fingerprint density at radius 1 is 0.676 bits per heavy atom. The molecule has 0 saturated heterocycles. The summed E-state index contributed by atoms with van der Waals surface area (Å²) in [7, 11) is -20.1. The van der Waals surface area contributed by atoms with Crippen molar-refractivity contribution in [2.75, 3.05) is 10.5 Å². The van der Waals surface area contributed by atoms with Crippen LogP contribution in [0.15, 0.2) is 62.0 Å². The topological polar surface area (TPSA) is 235 Å². The number of sulfonamides is 1. The zero-order valence-corrected chi connectivity index (χ0v) is 20.1. The predicted molar refractivity (Wildman–Crippen MR) is 141 cm³/mol. The van der Waals surface area contributed by atoms with Gasteiger partial charge in [-0.05, 0) is 48.9 Å². The van der Waals surface area contributed by atoms with E-state index in [1.807, 2.05) is 4.72 Å². The van der Waals surface area contributed by atoms with E-state index < -0.39 is 71.5 Å². The van der Waals surface area contributed by atoms with Crippen molar-refractivity contribution < 1.29 is 47.3 Å². The Balaban J connectivity index is 0.00000432. The van der Waals surface area contributed by atoms with Gasteiger partial charge in [-0.15, -0.1) is 0 Å². The van der Waals surface area contributed by atoms with Crippen molar-refractivity contribution in [3.8, 4) is 0 Å². The van der Waals surface area contributed by atoms with Crippen LogP contribution in [-0.4, -0.2) is 136 Å². The summed E-state index contributed by atoms with van der Waals surface area (Å²) in [4.78, 5) is -3.79. The molecule has 0 saturated carbocycles. The average molecular weight is 625 g/mol. The van der Waals surface area contributed by atoms with Crippen molar-refractivity contribution in [1.82, 2.24) is 0 Å². The molecule has 0 aliphatic carbocycles. The van der Waals surface area contributed by atoms with Crippen LogP contribution in [0.4, 0.5) is 11.4 Å². The van der Waals surface area contributed by atoms with Crippen molar-refractivity contribution in [2.24, 2.45) is 0 Å². The molecule has 3 aromatic rings. The van der Waals surface area contributed by atoms with Gasteiger partial charge in [-0.2, -0.15) is 25.3 Å². The number of hydrogen-bond donors (Lipinski definition) is 5. The molecule has 0 bridgehead atoms. The van der Waals surface area contributed by atoms with E-state index in [9.17, 15) is 47.3 Å². The second kappa shape index (κ2) is 12.8. The number of nitrogen functional groups attached to an aromatic ring is 1. The normalized spacial score (nSPS) is 12.1. The Kier molecular flexibility index (Phi) is 12.9. The fraction of sp³-hybridized carbons (Fsp3) is 0.0588. The molecule has 0 aliphatic heterocycles. The van der Waals surface area contributed by atoms with E-state index in [2.05, 4.69) is 0 Å². The molecule has 6 N–H and O–H groups in total. The maximum absolute atomic E-state index is 12.9. The third-order valence-electron chi connectivity index (χ3n) is 4.67. The molecule has 0 heterocycles. The fourth-order valence-corrected chi connectivity index (χ4v) is 6.19. The summed E-state index contributed by atoms with van der Waals surface area (Å²) in [5.74, 6) is 0. The molecule has 0 atom stereocenters. The van der Waals surface area contributed by atoms with E-state index >= 15 is 0 Å². The van der Waals surface area contributed by atoms with Crippen molar-refractivity contribution >= 4 is 151 Å². The molecule has 190 valence electrons. The zero-order valence-electron chi connectivity index (χ0n) is 16.9. The maximum atomic E-state index is 12.9. The summed E-state index contributed by atoms with van der Waals surface area (Å²) in [6.07, 6.45) is 0. The third-order valence-corrected chi connectivity index (χ3v) is 8.66. The van der Waals surface area contributed by atoms with Crippen LogP contribution in [0.2, 0.25) is 0 Å². The van der Waals surface area contributed by atoms with Gasteiger partial charge in [0.15, 0.2) is 0 Å². The summed E-state index contributed by atoms with van der Waals surface area (Å²) in [6.45, 7) is 1.62. The summed E-state index contributed by atoms with van der Waals surface area (Å²) < 4.78 is 127. The van der Waals surface area contributed by atoms with Crippen LogP contribution in [0.25, 0.3) is 10.8 Å². The molecule has 0 radical (unpaired) electrons. The van der Waals surface area contributed by atoms with E-state index in [-0.39, 0.29) is 99.3 Å². The second-order valence-corrected chi connectivity index (χ2v) is 12.9.